The Bertz CT molecular complexity index is 538. The van der Waals surface area contributed by atoms with Gasteiger partial charge in [-0.05, 0) is 6.07 Å². The summed E-state index contributed by atoms with van der Waals surface area (Å²) in [6.45, 7) is 4.04. The van der Waals surface area contributed by atoms with Gasteiger partial charge < -0.3 is 5.32 Å². The Morgan fingerprint density at radius 2 is 2.20 bits per heavy atom. The van der Waals surface area contributed by atoms with E-state index in [2.05, 4.69) is 11.9 Å². The number of benzene rings is 1. The maximum absolute atomic E-state index is 11.9. The minimum absolute atomic E-state index is 0.0213. The van der Waals surface area contributed by atoms with Crippen LogP contribution in [0.4, 0.5) is 5.69 Å². The Morgan fingerprint density at radius 3 is 2.80 bits per heavy atom. The fourth-order valence-corrected chi connectivity index (χ4v) is 2.32. The van der Waals surface area contributed by atoms with E-state index in [1.54, 1.807) is 17.8 Å². The van der Waals surface area contributed by atoms with Crippen molar-refractivity contribution < 1.29 is 9.72 Å². The van der Waals surface area contributed by atoms with E-state index in [1.165, 1.54) is 6.07 Å². The van der Waals surface area contributed by atoms with Crippen LogP contribution in [0.3, 0.4) is 0 Å². The third-order valence-corrected chi connectivity index (χ3v) is 3.99. The van der Waals surface area contributed by atoms with Crippen LogP contribution in [0, 0.1) is 10.1 Å². The highest BCUT2D eigenvalue weighted by atomic mass is 35.5. The first-order valence-corrected chi connectivity index (χ1v) is 7.48. The number of halogens is 2. The van der Waals surface area contributed by atoms with Crippen molar-refractivity contribution in [1.29, 1.82) is 0 Å². The van der Waals surface area contributed by atoms with Crippen LogP contribution in [-0.2, 0) is 0 Å². The normalized spacial score (nSPS) is 10.1. The molecular formula is C12H12Cl2N2O3S. The SMILES string of the molecule is C=CCSCCNC(=O)c1cc(Cl)c(Cl)c([N+](=O)[O-])c1. The van der Waals surface area contributed by atoms with Crippen molar-refractivity contribution in [1.82, 2.24) is 5.32 Å². The molecule has 1 rings (SSSR count). The molecule has 1 N–H and O–H groups in total. The molecular weight excluding hydrogens is 323 g/mol. The second-order valence-corrected chi connectivity index (χ2v) is 5.60. The van der Waals surface area contributed by atoms with Gasteiger partial charge in [0.1, 0.15) is 5.02 Å². The second-order valence-electron chi connectivity index (χ2n) is 3.67. The summed E-state index contributed by atoms with van der Waals surface area (Å²) < 4.78 is 0. The highest BCUT2D eigenvalue weighted by Gasteiger charge is 2.19. The van der Waals surface area contributed by atoms with Crippen molar-refractivity contribution in [2.24, 2.45) is 0 Å². The molecule has 20 heavy (non-hydrogen) atoms. The van der Waals surface area contributed by atoms with Crippen molar-refractivity contribution in [3.63, 3.8) is 0 Å². The average Bonchev–Trinajstić information content (AvgIpc) is 2.40. The Morgan fingerprint density at radius 1 is 1.50 bits per heavy atom. The number of nitrogens with zero attached hydrogens (tertiary/aromatic N) is 1. The van der Waals surface area contributed by atoms with Crippen molar-refractivity contribution >= 4 is 46.6 Å². The number of nitrogens with one attached hydrogen (secondary N) is 1. The Balaban J connectivity index is 2.73. The summed E-state index contributed by atoms with van der Waals surface area (Å²) >= 11 is 13.1. The van der Waals surface area contributed by atoms with E-state index in [1.807, 2.05) is 0 Å². The van der Waals surface area contributed by atoms with E-state index >= 15 is 0 Å². The maximum Gasteiger partial charge on any atom is 0.290 e. The van der Waals surface area contributed by atoms with Crippen molar-refractivity contribution in [2.45, 2.75) is 0 Å². The largest absolute Gasteiger partial charge is 0.351 e. The van der Waals surface area contributed by atoms with E-state index in [9.17, 15) is 14.9 Å². The lowest BCUT2D eigenvalue weighted by Crippen LogP contribution is -2.25. The van der Waals surface area contributed by atoms with Gasteiger partial charge in [0.15, 0.2) is 0 Å². The van der Waals surface area contributed by atoms with Gasteiger partial charge in [0.05, 0.1) is 9.95 Å². The van der Waals surface area contributed by atoms with E-state index < -0.39 is 10.8 Å². The fraction of sp³-hybridized carbons (Fsp3) is 0.250. The van der Waals surface area contributed by atoms with Gasteiger partial charge in [0.25, 0.3) is 11.6 Å². The number of nitro benzene ring substituents is 1. The minimum atomic E-state index is -0.676. The van der Waals surface area contributed by atoms with Gasteiger partial charge in [-0.2, -0.15) is 11.8 Å². The molecule has 0 heterocycles. The highest BCUT2D eigenvalue weighted by molar-refractivity contribution is 7.99. The molecule has 1 aromatic rings. The first-order valence-electron chi connectivity index (χ1n) is 5.57. The average molecular weight is 335 g/mol. The monoisotopic (exact) mass is 334 g/mol. The molecule has 0 unspecified atom stereocenters. The molecule has 0 aliphatic carbocycles. The zero-order chi connectivity index (χ0) is 15.1. The first-order chi connectivity index (χ1) is 9.47. The molecule has 0 aliphatic rings. The summed E-state index contributed by atoms with van der Waals surface area (Å²) in [6, 6.07) is 2.42. The molecule has 8 heteroatoms. The first kappa shape index (κ1) is 16.8. The Kier molecular flexibility index (Phi) is 6.84. The molecule has 0 aliphatic heterocycles. The van der Waals surface area contributed by atoms with Crippen LogP contribution in [0.5, 0.6) is 0 Å². The number of nitro groups is 1. The van der Waals surface area contributed by atoms with Crippen LogP contribution in [0.1, 0.15) is 10.4 Å². The van der Waals surface area contributed by atoms with Crippen molar-refractivity contribution in [3.8, 4) is 0 Å². The molecule has 0 spiro atoms. The number of hydrogen-bond donors (Lipinski definition) is 1. The Hall–Kier alpha value is -1.24. The third kappa shape index (κ3) is 4.70. The van der Waals surface area contributed by atoms with Crippen LogP contribution in [-0.4, -0.2) is 28.9 Å². The number of carbonyl (C=O) groups is 1. The van der Waals surface area contributed by atoms with Gasteiger partial charge in [-0.25, -0.2) is 0 Å². The fourth-order valence-electron chi connectivity index (χ4n) is 1.34. The summed E-state index contributed by atoms with van der Waals surface area (Å²) in [5, 5.41) is 13.3. The number of amides is 1. The quantitative estimate of drug-likeness (QED) is 0.358. The van der Waals surface area contributed by atoms with Crippen LogP contribution >= 0.6 is 35.0 Å². The predicted octanol–water partition coefficient (Wildman–Crippen LogP) is 3.55. The van der Waals surface area contributed by atoms with E-state index in [0.29, 0.717) is 6.54 Å². The van der Waals surface area contributed by atoms with Gasteiger partial charge >= 0.3 is 0 Å². The zero-order valence-corrected chi connectivity index (χ0v) is 12.7. The lowest BCUT2D eigenvalue weighted by Gasteiger charge is -2.06. The third-order valence-electron chi connectivity index (χ3n) is 2.24. The van der Waals surface area contributed by atoms with Gasteiger partial charge in [-0.15, -0.1) is 6.58 Å². The van der Waals surface area contributed by atoms with E-state index in [4.69, 9.17) is 23.2 Å². The topological polar surface area (TPSA) is 72.2 Å². The number of hydrogen-bond acceptors (Lipinski definition) is 4. The minimum Gasteiger partial charge on any atom is -0.351 e. The molecule has 0 aromatic heterocycles. The molecule has 0 radical (unpaired) electrons. The van der Waals surface area contributed by atoms with E-state index in [0.717, 1.165) is 17.6 Å². The summed E-state index contributed by atoms with van der Waals surface area (Å²) in [5.41, 5.74) is -0.273. The van der Waals surface area contributed by atoms with Crippen LogP contribution in [0.25, 0.3) is 0 Å². The standard InChI is InChI=1S/C12H12Cl2N2O3S/c1-2-4-20-5-3-15-12(17)8-6-9(13)11(14)10(7-8)16(18)19/h2,6-7H,1,3-5H2,(H,15,17). The molecule has 0 bridgehead atoms. The predicted molar refractivity (Wildman–Crippen MR) is 83.0 cm³/mol. The lowest BCUT2D eigenvalue weighted by atomic mass is 10.2. The number of rotatable bonds is 7. The number of thioether (sulfide) groups is 1. The van der Waals surface area contributed by atoms with Crippen molar-refractivity contribution in [3.05, 3.63) is 50.5 Å². The summed E-state index contributed by atoms with van der Waals surface area (Å²) in [6.07, 6.45) is 1.77. The molecule has 108 valence electrons. The molecule has 1 aromatic carbocycles. The summed E-state index contributed by atoms with van der Waals surface area (Å²) in [4.78, 5) is 22.0. The molecule has 0 saturated heterocycles. The number of carbonyl (C=O) groups excluding carboxylic acids is 1. The molecule has 0 fully saturated rings. The molecule has 1 amide bonds. The van der Waals surface area contributed by atoms with Gasteiger partial charge in [0.2, 0.25) is 0 Å². The molecule has 0 saturated carbocycles. The zero-order valence-electron chi connectivity index (χ0n) is 10.4. The van der Waals surface area contributed by atoms with Gasteiger partial charge in [-0.1, -0.05) is 29.3 Å². The highest BCUT2D eigenvalue weighted by Crippen LogP contribution is 2.32. The summed E-state index contributed by atoms with van der Waals surface area (Å²) in [7, 11) is 0. The molecule has 0 atom stereocenters. The van der Waals surface area contributed by atoms with E-state index in [-0.39, 0.29) is 21.3 Å². The Labute approximate surface area is 130 Å². The molecule has 5 nitrogen and oxygen atoms in total. The van der Waals surface area contributed by atoms with Gasteiger partial charge in [-0.3, -0.25) is 14.9 Å². The maximum atomic E-state index is 11.9. The smallest absolute Gasteiger partial charge is 0.290 e. The lowest BCUT2D eigenvalue weighted by molar-refractivity contribution is -0.384. The van der Waals surface area contributed by atoms with Crippen molar-refractivity contribution in [2.75, 3.05) is 18.1 Å². The van der Waals surface area contributed by atoms with Crippen LogP contribution < -0.4 is 5.32 Å². The summed E-state index contributed by atoms with van der Waals surface area (Å²) in [5.74, 6) is 1.10. The van der Waals surface area contributed by atoms with Crippen LogP contribution in [0.15, 0.2) is 24.8 Å². The van der Waals surface area contributed by atoms with Crippen LogP contribution in [0.2, 0.25) is 10.0 Å². The van der Waals surface area contributed by atoms with Gasteiger partial charge in [0, 0.05) is 29.7 Å². The second kappa shape index (κ2) is 8.14.